The molecule has 0 radical (unpaired) electrons. The lowest BCUT2D eigenvalue weighted by atomic mass is 9.88. The largest absolute Gasteiger partial charge is 0.373 e. The van der Waals surface area contributed by atoms with Crippen molar-refractivity contribution >= 4 is 11.6 Å². The van der Waals surface area contributed by atoms with Crippen molar-refractivity contribution in [2.24, 2.45) is 5.84 Å². The van der Waals surface area contributed by atoms with E-state index in [4.69, 9.17) is 22.2 Å². The number of benzene rings is 1. The van der Waals surface area contributed by atoms with Crippen LogP contribution in [0.4, 0.5) is 0 Å². The van der Waals surface area contributed by atoms with E-state index in [9.17, 15) is 0 Å². The van der Waals surface area contributed by atoms with Crippen molar-refractivity contribution in [1.29, 1.82) is 0 Å². The first-order valence-corrected chi connectivity index (χ1v) is 6.31. The van der Waals surface area contributed by atoms with Crippen LogP contribution in [0.15, 0.2) is 18.2 Å². The highest BCUT2D eigenvalue weighted by Gasteiger charge is 2.38. The standard InChI is InChI=1S/C13H19ClN2O/c1-9-4-5-10(8-11(9)14)12(16-15)13(2)6-3-7-17-13/h4-5,8,12,16H,3,6-7,15H2,1-2H3. The van der Waals surface area contributed by atoms with Gasteiger partial charge >= 0.3 is 0 Å². The maximum absolute atomic E-state index is 6.16. The Morgan fingerprint density at radius 2 is 2.29 bits per heavy atom. The Hall–Kier alpha value is -0.610. The van der Waals surface area contributed by atoms with Crippen LogP contribution in [-0.4, -0.2) is 12.2 Å². The SMILES string of the molecule is Cc1ccc(C(NN)C2(C)CCCO2)cc1Cl. The summed E-state index contributed by atoms with van der Waals surface area (Å²) >= 11 is 6.16. The Morgan fingerprint density at radius 3 is 2.82 bits per heavy atom. The first kappa shape index (κ1) is 12.8. The molecule has 2 rings (SSSR count). The fraction of sp³-hybridized carbons (Fsp3) is 0.538. The molecule has 17 heavy (non-hydrogen) atoms. The summed E-state index contributed by atoms with van der Waals surface area (Å²) in [7, 11) is 0. The second kappa shape index (κ2) is 4.94. The van der Waals surface area contributed by atoms with Gasteiger partial charge in [0.1, 0.15) is 0 Å². The fourth-order valence-electron chi connectivity index (χ4n) is 2.44. The smallest absolute Gasteiger partial charge is 0.0862 e. The first-order valence-electron chi connectivity index (χ1n) is 5.93. The van der Waals surface area contributed by atoms with Crippen LogP contribution in [0.5, 0.6) is 0 Å². The number of hydrogen-bond donors (Lipinski definition) is 2. The van der Waals surface area contributed by atoms with Crippen LogP contribution >= 0.6 is 11.6 Å². The van der Waals surface area contributed by atoms with Gasteiger partial charge in [-0.25, -0.2) is 0 Å². The van der Waals surface area contributed by atoms with Gasteiger partial charge in [0.15, 0.2) is 0 Å². The molecule has 0 saturated carbocycles. The molecular formula is C13H19ClN2O. The highest BCUT2D eigenvalue weighted by Crippen LogP contribution is 2.37. The Bertz CT molecular complexity index is 402. The van der Waals surface area contributed by atoms with Gasteiger partial charge in [0, 0.05) is 11.6 Å². The molecule has 1 aromatic carbocycles. The molecule has 1 aliphatic heterocycles. The van der Waals surface area contributed by atoms with Gasteiger partial charge < -0.3 is 4.74 Å². The third-order valence-electron chi connectivity index (χ3n) is 3.56. The van der Waals surface area contributed by atoms with Crippen LogP contribution in [-0.2, 0) is 4.74 Å². The molecule has 0 bridgehead atoms. The normalized spacial score (nSPS) is 26.1. The third-order valence-corrected chi connectivity index (χ3v) is 3.96. The van der Waals surface area contributed by atoms with E-state index in [1.165, 1.54) is 0 Å². The minimum Gasteiger partial charge on any atom is -0.373 e. The molecule has 1 aromatic rings. The quantitative estimate of drug-likeness (QED) is 0.644. The molecule has 1 aliphatic rings. The summed E-state index contributed by atoms with van der Waals surface area (Å²) in [4.78, 5) is 0. The van der Waals surface area contributed by atoms with Crippen LogP contribution in [0.2, 0.25) is 5.02 Å². The summed E-state index contributed by atoms with van der Waals surface area (Å²) in [5.41, 5.74) is 4.77. The van der Waals surface area contributed by atoms with Crippen molar-refractivity contribution < 1.29 is 4.74 Å². The van der Waals surface area contributed by atoms with E-state index < -0.39 is 0 Å². The Morgan fingerprint density at radius 1 is 1.53 bits per heavy atom. The Balaban J connectivity index is 2.31. The predicted octanol–water partition coefficient (Wildman–Crippen LogP) is 2.72. The molecule has 3 nitrogen and oxygen atoms in total. The number of hydrazine groups is 1. The van der Waals surface area contributed by atoms with Gasteiger partial charge in [0.2, 0.25) is 0 Å². The molecule has 1 fully saturated rings. The average molecular weight is 255 g/mol. The van der Waals surface area contributed by atoms with Crippen molar-refractivity contribution in [3.05, 3.63) is 34.3 Å². The van der Waals surface area contributed by atoms with Gasteiger partial charge in [0.05, 0.1) is 11.6 Å². The van der Waals surface area contributed by atoms with Crippen LogP contribution in [0, 0.1) is 6.92 Å². The van der Waals surface area contributed by atoms with E-state index in [1.807, 2.05) is 19.1 Å². The second-order valence-corrected chi connectivity index (χ2v) is 5.28. The van der Waals surface area contributed by atoms with Crippen molar-refractivity contribution in [3.8, 4) is 0 Å². The molecule has 0 amide bonds. The zero-order valence-corrected chi connectivity index (χ0v) is 11.1. The lowest BCUT2D eigenvalue weighted by Gasteiger charge is -2.33. The highest BCUT2D eigenvalue weighted by molar-refractivity contribution is 6.31. The minimum atomic E-state index is -0.243. The zero-order chi connectivity index (χ0) is 12.5. The summed E-state index contributed by atoms with van der Waals surface area (Å²) in [6.45, 7) is 4.89. The van der Waals surface area contributed by atoms with Gasteiger partial charge in [0.25, 0.3) is 0 Å². The van der Waals surface area contributed by atoms with E-state index in [-0.39, 0.29) is 11.6 Å². The molecule has 0 aliphatic carbocycles. The summed E-state index contributed by atoms with van der Waals surface area (Å²) in [5.74, 6) is 5.68. The third kappa shape index (κ3) is 2.47. The predicted molar refractivity (Wildman–Crippen MR) is 69.8 cm³/mol. The van der Waals surface area contributed by atoms with Gasteiger partial charge in [-0.1, -0.05) is 23.7 Å². The molecule has 3 N–H and O–H groups in total. The van der Waals surface area contributed by atoms with E-state index in [2.05, 4.69) is 18.4 Å². The average Bonchev–Trinajstić information content (AvgIpc) is 2.72. The molecule has 2 unspecified atom stereocenters. The first-order chi connectivity index (χ1) is 8.07. The molecule has 1 heterocycles. The lowest BCUT2D eigenvalue weighted by Crippen LogP contribution is -2.44. The van der Waals surface area contributed by atoms with Crippen molar-refractivity contribution in [1.82, 2.24) is 5.43 Å². The monoisotopic (exact) mass is 254 g/mol. The fourth-order valence-corrected chi connectivity index (χ4v) is 2.63. The van der Waals surface area contributed by atoms with E-state index in [1.54, 1.807) is 0 Å². The topological polar surface area (TPSA) is 47.3 Å². The number of nitrogens with one attached hydrogen (secondary N) is 1. The number of nitrogens with two attached hydrogens (primary N) is 1. The summed E-state index contributed by atoms with van der Waals surface area (Å²) in [6.07, 6.45) is 2.08. The zero-order valence-electron chi connectivity index (χ0n) is 10.3. The van der Waals surface area contributed by atoms with E-state index >= 15 is 0 Å². The Labute approximate surface area is 107 Å². The summed E-state index contributed by atoms with van der Waals surface area (Å²) < 4.78 is 5.83. The molecule has 0 spiro atoms. The molecule has 1 saturated heterocycles. The van der Waals surface area contributed by atoms with Crippen LogP contribution < -0.4 is 11.3 Å². The maximum Gasteiger partial charge on any atom is 0.0862 e. The number of hydrogen-bond acceptors (Lipinski definition) is 3. The van der Waals surface area contributed by atoms with Gasteiger partial charge in [-0.15, -0.1) is 0 Å². The molecular weight excluding hydrogens is 236 g/mol. The van der Waals surface area contributed by atoms with Crippen molar-refractivity contribution in [2.75, 3.05) is 6.61 Å². The van der Waals surface area contributed by atoms with E-state index in [0.717, 1.165) is 35.6 Å². The maximum atomic E-state index is 6.16. The van der Waals surface area contributed by atoms with Gasteiger partial charge in [-0.05, 0) is 43.9 Å². The van der Waals surface area contributed by atoms with E-state index in [0.29, 0.717) is 0 Å². The van der Waals surface area contributed by atoms with Gasteiger partial charge in [-0.3, -0.25) is 11.3 Å². The summed E-state index contributed by atoms with van der Waals surface area (Å²) in [6, 6.07) is 6.01. The van der Waals surface area contributed by atoms with Crippen molar-refractivity contribution in [2.45, 2.75) is 38.3 Å². The lowest BCUT2D eigenvalue weighted by molar-refractivity contribution is -0.0125. The van der Waals surface area contributed by atoms with Crippen molar-refractivity contribution in [3.63, 3.8) is 0 Å². The summed E-state index contributed by atoms with van der Waals surface area (Å²) in [5, 5.41) is 0.768. The number of aryl methyl sites for hydroxylation is 1. The molecule has 0 aromatic heterocycles. The number of halogens is 1. The number of ether oxygens (including phenoxy) is 1. The number of rotatable bonds is 3. The van der Waals surface area contributed by atoms with Crippen LogP contribution in [0.3, 0.4) is 0 Å². The molecule has 2 atom stereocenters. The van der Waals surface area contributed by atoms with Crippen LogP contribution in [0.25, 0.3) is 0 Å². The van der Waals surface area contributed by atoms with Gasteiger partial charge in [-0.2, -0.15) is 0 Å². The second-order valence-electron chi connectivity index (χ2n) is 4.87. The Kier molecular flexibility index (Phi) is 3.73. The molecule has 94 valence electrons. The minimum absolute atomic E-state index is 0.0249. The highest BCUT2D eigenvalue weighted by atomic mass is 35.5. The molecule has 4 heteroatoms. The van der Waals surface area contributed by atoms with Crippen LogP contribution in [0.1, 0.15) is 36.9 Å².